The Bertz CT molecular complexity index is 831. The van der Waals surface area contributed by atoms with Gasteiger partial charge in [-0.15, -0.1) is 0 Å². The van der Waals surface area contributed by atoms with E-state index in [9.17, 15) is 14.0 Å². The van der Waals surface area contributed by atoms with Crippen LogP contribution in [-0.2, 0) is 22.5 Å². The molecule has 2 atom stereocenters. The van der Waals surface area contributed by atoms with Crippen LogP contribution in [0.15, 0.2) is 12.1 Å². The van der Waals surface area contributed by atoms with Gasteiger partial charge in [-0.3, -0.25) is 4.89 Å². The minimum absolute atomic E-state index is 0.304. The topological polar surface area (TPSA) is 109 Å². The van der Waals surface area contributed by atoms with E-state index >= 15 is 0 Å². The summed E-state index contributed by atoms with van der Waals surface area (Å²) in [7, 11) is -6.43. The van der Waals surface area contributed by atoms with Crippen molar-refractivity contribution in [2.45, 2.75) is 13.8 Å². The van der Waals surface area contributed by atoms with Crippen LogP contribution < -0.4 is 10.6 Å². The Morgan fingerprint density at radius 1 is 1.08 bits per heavy atom. The molecule has 0 saturated heterocycles. The van der Waals surface area contributed by atoms with Crippen LogP contribution in [0.3, 0.4) is 0 Å². The number of phosphoric ester groups is 1. The fourth-order valence-corrected chi connectivity index (χ4v) is 5.21. The average molecular weight is 425 g/mol. The van der Waals surface area contributed by atoms with Gasteiger partial charge in [-0.2, -0.15) is 4.31 Å². The van der Waals surface area contributed by atoms with Crippen molar-refractivity contribution in [1.29, 1.82) is 0 Å². The van der Waals surface area contributed by atoms with E-state index in [4.69, 9.17) is 37.8 Å². The summed E-state index contributed by atoms with van der Waals surface area (Å²) in [5, 5.41) is 4.74. The molecule has 0 radical (unpaired) electrons. The molecular formula is C12H17N3O6P2S2. The average Bonchev–Trinajstić information content (AvgIpc) is 2.45. The van der Waals surface area contributed by atoms with Gasteiger partial charge in [0.1, 0.15) is 0 Å². The lowest BCUT2D eigenvalue weighted by Crippen LogP contribution is -2.20. The van der Waals surface area contributed by atoms with Gasteiger partial charge in [0.05, 0.1) is 11.4 Å². The summed E-state index contributed by atoms with van der Waals surface area (Å²) in [6, 6.07) is 3.49. The molecule has 138 valence electrons. The van der Waals surface area contributed by atoms with Crippen molar-refractivity contribution in [3.8, 4) is 0 Å². The van der Waals surface area contributed by atoms with E-state index in [2.05, 4.69) is 10.6 Å². The number of phosphoric acid groups is 1. The van der Waals surface area contributed by atoms with Gasteiger partial charge < -0.3 is 19.7 Å². The third kappa shape index (κ3) is 4.77. The molecule has 2 rings (SSSR count). The van der Waals surface area contributed by atoms with Gasteiger partial charge in [-0.25, -0.2) is 13.8 Å². The Morgan fingerprint density at radius 2 is 1.68 bits per heavy atom. The Kier molecular flexibility index (Phi) is 5.90. The van der Waals surface area contributed by atoms with Crippen LogP contribution in [0.4, 0.5) is 11.4 Å². The molecule has 0 spiro atoms. The number of nitrogens with zero attached hydrogens (tertiary/aromatic N) is 1. The van der Waals surface area contributed by atoms with Crippen LogP contribution in [0.2, 0.25) is 0 Å². The number of benzene rings is 1. The first-order valence-electron chi connectivity index (χ1n) is 6.87. The third-order valence-corrected chi connectivity index (χ3v) is 7.37. The van der Waals surface area contributed by atoms with Gasteiger partial charge >= 0.3 is 15.6 Å². The number of aryl methyl sites for hydroxylation is 1. The first-order chi connectivity index (χ1) is 11.4. The van der Waals surface area contributed by atoms with E-state index in [0.29, 0.717) is 11.4 Å². The van der Waals surface area contributed by atoms with E-state index in [1.165, 1.54) is 14.1 Å². The normalized spacial score (nSPS) is 27.3. The van der Waals surface area contributed by atoms with E-state index in [1.54, 1.807) is 6.07 Å². The highest BCUT2D eigenvalue weighted by Crippen LogP contribution is 2.64. The second kappa shape index (κ2) is 7.28. The van der Waals surface area contributed by atoms with Crippen LogP contribution in [0.1, 0.15) is 11.1 Å². The zero-order valence-electron chi connectivity index (χ0n) is 13.8. The van der Waals surface area contributed by atoms with Crippen molar-refractivity contribution in [3.05, 3.63) is 23.3 Å². The number of nitrogens with one attached hydrogen (secondary N) is 2. The number of hydrogen-bond acceptors (Lipinski definition) is 7. The summed E-state index contributed by atoms with van der Waals surface area (Å²) in [6.07, 6.45) is 0. The summed E-state index contributed by atoms with van der Waals surface area (Å²) in [4.78, 5) is 9.82. The van der Waals surface area contributed by atoms with Crippen molar-refractivity contribution >= 4 is 61.7 Å². The molecule has 1 aliphatic heterocycles. The van der Waals surface area contributed by atoms with Crippen LogP contribution >= 0.6 is 40.0 Å². The zero-order valence-corrected chi connectivity index (χ0v) is 17.2. The summed E-state index contributed by atoms with van der Waals surface area (Å²) in [6.45, 7) is 3.71. The van der Waals surface area contributed by atoms with Gasteiger partial charge in [0, 0.05) is 0 Å². The molecule has 2 unspecified atom stereocenters. The molecule has 3 N–H and O–H groups in total. The van der Waals surface area contributed by atoms with Crippen molar-refractivity contribution in [2.24, 2.45) is 0 Å². The van der Waals surface area contributed by atoms with E-state index < -0.39 is 20.7 Å². The minimum atomic E-state index is -4.84. The quantitative estimate of drug-likeness (QED) is 0.454. The number of fused-ring (bicyclic) bond motifs is 1. The third-order valence-electron chi connectivity index (χ3n) is 3.29. The highest BCUT2D eigenvalue weighted by molar-refractivity contribution is 7.81. The highest BCUT2D eigenvalue weighted by atomic mass is 32.1. The standard InChI is InChI=1S/C12H17N3O6P2S2/c1-7-5-6-9-10(8(7)2)14-12(25)19-22(16,15(3)4)21-23(17,18)20-11(24)13-9/h5-6H,1-4H3,(H,13,24)(H,14,25)(H,17,18). The van der Waals surface area contributed by atoms with Crippen LogP contribution in [0, 0.1) is 13.8 Å². The molecule has 0 bridgehead atoms. The molecule has 25 heavy (non-hydrogen) atoms. The predicted octanol–water partition coefficient (Wildman–Crippen LogP) is 3.53. The monoisotopic (exact) mass is 425 g/mol. The van der Waals surface area contributed by atoms with Gasteiger partial charge in [0.25, 0.3) is 10.3 Å². The molecule has 0 fully saturated rings. The molecule has 13 heteroatoms. The summed E-state index contributed by atoms with van der Waals surface area (Å²) < 4.78 is 40.4. The molecule has 1 aromatic carbocycles. The second-order valence-corrected chi connectivity index (χ2v) is 9.74. The molecule has 0 aliphatic carbocycles. The lowest BCUT2D eigenvalue weighted by Gasteiger charge is -2.25. The summed E-state index contributed by atoms with van der Waals surface area (Å²) in [5.41, 5.74) is 2.68. The maximum Gasteiger partial charge on any atom is 0.538 e. The fraction of sp³-hybridized carbons (Fsp3) is 0.333. The largest absolute Gasteiger partial charge is 0.538 e. The SMILES string of the molecule is Cc1ccc2c(c1C)NC(=S)OP(=O)(N(C)C)OP(=O)(O)OC(=S)N2. The lowest BCUT2D eigenvalue weighted by atomic mass is 10.1. The molecule has 1 aromatic rings. The molecule has 0 amide bonds. The Hall–Kier alpha value is -1.06. The maximum absolute atomic E-state index is 12.8. The first kappa shape index (κ1) is 20.3. The highest BCUT2D eigenvalue weighted by Gasteiger charge is 2.43. The Morgan fingerprint density at radius 3 is 2.28 bits per heavy atom. The Labute approximate surface area is 155 Å². The Balaban J connectivity index is 2.56. The van der Waals surface area contributed by atoms with Gasteiger partial charge in [-0.1, -0.05) is 6.07 Å². The number of anilines is 2. The molecule has 1 aliphatic rings. The summed E-state index contributed by atoms with van der Waals surface area (Å²) >= 11 is 9.99. The van der Waals surface area contributed by atoms with Crippen molar-refractivity contribution < 1.29 is 27.4 Å². The zero-order chi connectivity index (χ0) is 19.0. The predicted molar refractivity (Wildman–Crippen MR) is 103 cm³/mol. The molecule has 9 nitrogen and oxygen atoms in total. The molecular weight excluding hydrogens is 408 g/mol. The fourth-order valence-electron chi connectivity index (χ4n) is 1.87. The molecule has 0 aromatic heterocycles. The van der Waals surface area contributed by atoms with E-state index in [0.717, 1.165) is 15.8 Å². The smallest absolute Gasteiger partial charge is 0.386 e. The minimum Gasteiger partial charge on any atom is -0.386 e. The lowest BCUT2D eigenvalue weighted by molar-refractivity contribution is 0.248. The van der Waals surface area contributed by atoms with Gasteiger partial charge in [0.15, 0.2) is 0 Å². The van der Waals surface area contributed by atoms with Crippen LogP contribution in [0.5, 0.6) is 0 Å². The summed E-state index contributed by atoms with van der Waals surface area (Å²) in [5.74, 6) is 0. The van der Waals surface area contributed by atoms with Crippen molar-refractivity contribution in [2.75, 3.05) is 24.7 Å². The van der Waals surface area contributed by atoms with Crippen molar-refractivity contribution in [1.82, 2.24) is 4.67 Å². The van der Waals surface area contributed by atoms with E-state index in [-0.39, 0.29) is 5.17 Å². The van der Waals surface area contributed by atoms with Crippen LogP contribution in [-0.4, -0.2) is 34.0 Å². The number of rotatable bonds is 1. The second-order valence-electron chi connectivity index (χ2n) is 5.30. The van der Waals surface area contributed by atoms with Gasteiger partial charge in [0.2, 0.25) is 0 Å². The van der Waals surface area contributed by atoms with Crippen LogP contribution in [0.25, 0.3) is 0 Å². The number of hydrogen-bond donors (Lipinski definition) is 3. The molecule has 0 saturated carbocycles. The number of thiocarbonyl (C=S) groups is 2. The maximum atomic E-state index is 12.8. The molecule has 1 heterocycles. The van der Waals surface area contributed by atoms with E-state index in [1.807, 2.05) is 19.9 Å². The first-order valence-corrected chi connectivity index (χ1v) is 10.7. The van der Waals surface area contributed by atoms with Crippen molar-refractivity contribution in [3.63, 3.8) is 0 Å². The van der Waals surface area contributed by atoms with Gasteiger partial charge in [-0.05, 0) is 69.6 Å².